The van der Waals surface area contributed by atoms with Crippen LogP contribution in [0.3, 0.4) is 0 Å². The summed E-state index contributed by atoms with van der Waals surface area (Å²) < 4.78 is 0. The molecule has 0 heterocycles. The smallest absolute Gasteiger partial charge is 0.241 e. The van der Waals surface area contributed by atoms with Gasteiger partial charge >= 0.3 is 0 Å². The molecule has 1 unspecified atom stereocenters. The van der Waals surface area contributed by atoms with Gasteiger partial charge in [-0.3, -0.25) is 4.79 Å². The SMILES string of the molecule is Cc1ccc(C(N)C(=O)NCC(C)(C)c2ccccc2C)cc1. The van der Waals surface area contributed by atoms with Gasteiger partial charge in [-0.15, -0.1) is 0 Å². The Balaban J connectivity index is 2.03. The van der Waals surface area contributed by atoms with Crippen molar-refractivity contribution in [2.75, 3.05) is 6.54 Å². The number of carbonyl (C=O) groups is 1. The van der Waals surface area contributed by atoms with Crippen molar-refractivity contribution in [3.63, 3.8) is 0 Å². The van der Waals surface area contributed by atoms with Crippen molar-refractivity contribution in [3.05, 3.63) is 70.8 Å². The zero-order valence-corrected chi connectivity index (χ0v) is 14.4. The van der Waals surface area contributed by atoms with Crippen LogP contribution in [0, 0.1) is 13.8 Å². The van der Waals surface area contributed by atoms with Crippen LogP contribution in [0.1, 0.15) is 42.1 Å². The van der Waals surface area contributed by atoms with E-state index in [0.717, 1.165) is 11.1 Å². The summed E-state index contributed by atoms with van der Waals surface area (Å²) in [4.78, 5) is 12.4. The predicted octanol–water partition coefficient (Wildman–Crippen LogP) is 3.40. The van der Waals surface area contributed by atoms with Gasteiger partial charge in [-0.05, 0) is 30.5 Å². The van der Waals surface area contributed by atoms with E-state index in [1.807, 2.05) is 43.3 Å². The standard InChI is InChI=1S/C20H26N2O/c1-14-9-11-16(12-10-14)18(21)19(23)22-13-20(3,4)17-8-6-5-7-15(17)2/h5-12,18H,13,21H2,1-4H3,(H,22,23). The Morgan fingerprint density at radius 1 is 1.09 bits per heavy atom. The topological polar surface area (TPSA) is 55.1 Å². The van der Waals surface area contributed by atoms with E-state index in [1.165, 1.54) is 11.1 Å². The highest BCUT2D eigenvalue weighted by molar-refractivity contribution is 5.83. The number of hydrogen-bond donors (Lipinski definition) is 2. The normalized spacial score (nSPS) is 12.7. The van der Waals surface area contributed by atoms with E-state index < -0.39 is 6.04 Å². The van der Waals surface area contributed by atoms with Crippen LogP contribution in [0.5, 0.6) is 0 Å². The number of aryl methyl sites for hydroxylation is 2. The van der Waals surface area contributed by atoms with Gasteiger partial charge in [0.2, 0.25) is 5.91 Å². The monoisotopic (exact) mass is 310 g/mol. The molecule has 0 saturated carbocycles. The van der Waals surface area contributed by atoms with Crippen molar-refractivity contribution in [1.82, 2.24) is 5.32 Å². The van der Waals surface area contributed by atoms with Gasteiger partial charge in [-0.2, -0.15) is 0 Å². The first kappa shape index (κ1) is 17.2. The van der Waals surface area contributed by atoms with Gasteiger partial charge in [-0.25, -0.2) is 0 Å². The maximum absolute atomic E-state index is 12.4. The number of nitrogens with two attached hydrogens (primary N) is 1. The number of carbonyl (C=O) groups excluding carboxylic acids is 1. The van der Waals surface area contributed by atoms with Gasteiger partial charge in [0.15, 0.2) is 0 Å². The lowest BCUT2D eigenvalue weighted by Crippen LogP contribution is -2.41. The van der Waals surface area contributed by atoms with Gasteiger partial charge in [0.05, 0.1) is 0 Å². The molecule has 2 aromatic carbocycles. The summed E-state index contributed by atoms with van der Waals surface area (Å²) in [6.07, 6.45) is 0. The molecule has 3 N–H and O–H groups in total. The van der Waals surface area contributed by atoms with Crippen LogP contribution in [0.4, 0.5) is 0 Å². The second-order valence-electron chi connectivity index (χ2n) is 6.80. The van der Waals surface area contributed by atoms with E-state index in [0.29, 0.717) is 6.54 Å². The van der Waals surface area contributed by atoms with Crippen molar-refractivity contribution in [2.24, 2.45) is 5.73 Å². The third kappa shape index (κ3) is 4.20. The van der Waals surface area contributed by atoms with Crippen molar-refractivity contribution in [3.8, 4) is 0 Å². The summed E-state index contributed by atoms with van der Waals surface area (Å²) in [5.41, 5.74) is 10.4. The summed E-state index contributed by atoms with van der Waals surface area (Å²) in [7, 11) is 0. The summed E-state index contributed by atoms with van der Waals surface area (Å²) in [5, 5.41) is 3.00. The number of hydrogen-bond acceptors (Lipinski definition) is 2. The van der Waals surface area contributed by atoms with E-state index in [2.05, 4.69) is 38.2 Å². The Morgan fingerprint density at radius 2 is 1.70 bits per heavy atom. The van der Waals surface area contributed by atoms with Crippen LogP contribution in [-0.4, -0.2) is 12.5 Å². The molecule has 2 rings (SSSR count). The first-order chi connectivity index (χ1) is 10.8. The van der Waals surface area contributed by atoms with Crippen LogP contribution in [0.2, 0.25) is 0 Å². The lowest BCUT2D eigenvalue weighted by molar-refractivity contribution is -0.122. The molecule has 0 aliphatic rings. The third-order valence-electron chi connectivity index (χ3n) is 4.30. The predicted molar refractivity (Wildman–Crippen MR) is 95.3 cm³/mol. The second kappa shape index (κ2) is 6.97. The molecule has 0 aromatic heterocycles. The Bertz CT molecular complexity index is 674. The highest BCUT2D eigenvalue weighted by atomic mass is 16.2. The summed E-state index contributed by atoms with van der Waals surface area (Å²) in [6.45, 7) is 8.92. The van der Waals surface area contributed by atoms with Crippen LogP contribution >= 0.6 is 0 Å². The second-order valence-corrected chi connectivity index (χ2v) is 6.80. The first-order valence-electron chi connectivity index (χ1n) is 7.97. The lowest BCUT2D eigenvalue weighted by Gasteiger charge is -2.28. The molecule has 122 valence electrons. The Kier molecular flexibility index (Phi) is 5.22. The maximum atomic E-state index is 12.4. The molecule has 0 bridgehead atoms. The van der Waals surface area contributed by atoms with E-state index in [-0.39, 0.29) is 11.3 Å². The molecule has 0 saturated heterocycles. The van der Waals surface area contributed by atoms with Gasteiger partial charge in [0.1, 0.15) is 6.04 Å². The van der Waals surface area contributed by atoms with Gasteiger partial charge < -0.3 is 11.1 Å². The summed E-state index contributed by atoms with van der Waals surface area (Å²) in [6, 6.07) is 15.4. The molecule has 3 nitrogen and oxygen atoms in total. The average molecular weight is 310 g/mol. The minimum absolute atomic E-state index is 0.143. The van der Waals surface area contributed by atoms with Crippen molar-refractivity contribution in [1.29, 1.82) is 0 Å². The van der Waals surface area contributed by atoms with Crippen molar-refractivity contribution in [2.45, 2.75) is 39.2 Å². The molecule has 0 spiro atoms. The summed E-state index contributed by atoms with van der Waals surface area (Å²) >= 11 is 0. The number of benzene rings is 2. The van der Waals surface area contributed by atoms with Gasteiger partial charge in [-0.1, -0.05) is 67.9 Å². The van der Waals surface area contributed by atoms with Crippen molar-refractivity contribution >= 4 is 5.91 Å². The van der Waals surface area contributed by atoms with Crippen LogP contribution < -0.4 is 11.1 Å². The molecule has 0 aliphatic heterocycles. The van der Waals surface area contributed by atoms with Gasteiger partial charge in [0, 0.05) is 12.0 Å². The lowest BCUT2D eigenvalue weighted by atomic mass is 9.82. The molecule has 1 amide bonds. The molecule has 23 heavy (non-hydrogen) atoms. The molecule has 2 aromatic rings. The fourth-order valence-electron chi connectivity index (χ4n) is 2.77. The molecule has 1 atom stereocenters. The number of amides is 1. The molecule has 3 heteroatoms. The fraction of sp³-hybridized carbons (Fsp3) is 0.350. The third-order valence-corrected chi connectivity index (χ3v) is 4.30. The van der Waals surface area contributed by atoms with E-state index in [1.54, 1.807) is 0 Å². The highest BCUT2D eigenvalue weighted by Gasteiger charge is 2.24. The zero-order valence-electron chi connectivity index (χ0n) is 14.4. The molecule has 0 aliphatic carbocycles. The minimum atomic E-state index is -0.636. The molecular formula is C20H26N2O. The van der Waals surface area contributed by atoms with Crippen LogP contribution in [0.25, 0.3) is 0 Å². The van der Waals surface area contributed by atoms with Crippen LogP contribution in [-0.2, 0) is 10.2 Å². The van der Waals surface area contributed by atoms with Crippen LogP contribution in [0.15, 0.2) is 48.5 Å². The average Bonchev–Trinajstić information content (AvgIpc) is 2.53. The molecule has 0 radical (unpaired) electrons. The Labute approximate surface area is 138 Å². The zero-order chi connectivity index (χ0) is 17.0. The molecular weight excluding hydrogens is 284 g/mol. The van der Waals surface area contributed by atoms with E-state index in [9.17, 15) is 4.79 Å². The largest absolute Gasteiger partial charge is 0.354 e. The van der Waals surface area contributed by atoms with Gasteiger partial charge in [0.25, 0.3) is 0 Å². The first-order valence-corrected chi connectivity index (χ1v) is 7.97. The fourth-order valence-corrected chi connectivity index (χ4v) is 2.77. The summed E-state index contributed by atoms with van der Waals surface area (Å²) in [5.74, 6) is -0.143. The number of nitrogens with one attached hydrogen (secondary N) is 1. The quantitative estimate of drug-likeness (QED) is 0.889. The highest BCUT2D eigenvalue weighted by Crippen LogP contribution is 2.25. The van der Waals surface area contributed by atoms with E-state index in [4.69, 9.17) is 5.73 Å². The number of rotatable bonds is 5. The Hall–Kier alpha value is -2.13. The molecule has 0 fully saturated rings. The maximum Gasteiger partial charge on any atom is 0.241 e. The van der Waals surface area contributed by atoms with Crippen molar-refractivity contribution < 1.29 is 4.79 Å². The van der Waals surface area contributed by atoms with E-state index >= 15 is 0 Å². The Morgan fingerprint density at radius 3 is 2.30 bits per heavy atom. The minimum Gasteiger partial charge on any atom is -0.354 e.